The van der Waals surface area contributed by atoms with Crippen LogP contribution in [0.4, 0.5) is 13.2 Å². The second-order valence-electron chi connectivity index (χ2n) is 5.11. The molecule has 2 unspecified atom stereocenters. The van der Waals surface area contributed by atoms with Gasteiger partial charge in [-0.25, -0.2) is 0 Å². The summed E-state index contributed by atoms with van der Waals surface area (Å²) >= 11 is 0. The molecule has 2 atom stereocenters. The van der Waals surface area contributed by atoms with Crippen molar-refractivity contribution >= 4 is 0 Å². The summed E-state index contributed by atoms with van der Waals surface area (Å²) in [7, 11) is 1.79. The zero-order valence-corrected chi connectivity index (χ0v) is 11.8. The number of likely N-dealkylation sites (N-methyl/N-ethyl adjacent to an activating group) is 1. The molecule has 0 saturated carbocycles. The molecule has 0 radical (unpaired) electrons. The molecule has 114 valence electrons. The zero-order chi connectivity index (χ0) is 14.3. The number of hydrogen-bond acceptors (Lipinski definition) is 3. The fourth-order valence-electron chi connectivity index (χ4n) is 2.53. The van der Waals surface area contributed by atoms with Crippen LogP contribution in [-0.4, -0.2) is 56.5 Å². The summed E-state index contributed by atoms with van der Waals surface area (Å²) in [5, 5.41) is 3.10. The number of morpholine rings is 1. The first-order chi connectivity index (χ1) is 8.96. The predicted octanol–water partition coefficient (Wildman–Crippen LogP) is 2.42. The minimum atomic E-state index is -4.06. The molecule has 1 aliphatic rings. The first-order valence-electron chi connectivity index (χ1n) is 7.04. The van der Waals surface area contributed by atoms with Crippen LogP contribution < -0.4 is 5.32 Å². The molecule has 0 aromatic rings. The fourth-order valence-corrected chi connectivity index (χ4v) is 2.53. The van der Waals surface area contributed by atoms with Crippen LogP contribution in [0.5, 0.6) is 0 Å². The summed E-state index contributed by atoms with van der Waals surface area (Å²) in [6, 6.07) is 0.00186. The average molecular weight is 282 g/mol. The molecular formula is C13H25F3N2O. The van der Waals surface area contributed by atoms with Crippen LogP contribution in [0.3, 0.4) is 0 Å². The van der Waals surface area contributed by atoms with Crippen molar-refractivity contribution in [3.63, 3.8) is 0 Å². The van der Waals surface area contributed by atoms with Gasteiger partial charge in [0.15, 0.2) is 0 Å². The summed E-state index contributed by atoms with van der Waals surface area (Å²) in [6.45, 7) is 5.55. The lowest BCUT2D eigenvalue weighted by atomic mass is 10.0. The van der Waals surface area contributed by atoms with Gasteiger partial charge in [-0.2, -0.15) is 13.2 Å². The van der Waals surface area contributed by atoms with Gasteiger partial charge in [-0.15, -0.1) is 0 Å². The van der Waals surface area contributed by atoms with Gasteiger partial charge in [0.2, 0.25) is 0 Å². The lowest BCUT2D eigenvalue weighted by Gasteiger charge is -2.37. The second kappa shape index (κ2) is 8.07. The van der Waals surface area contributed by atoms with Crippen molar-refractivity contribution in [3.05, 3.63) is 0 Å². The zero-order valence-electron chi connectivity index (χ0n) is 11.8. The summed E-state index contributed by atoms with van der Waals surface area (Å²) in [4.78, 5) is 2.32. The Morgan fingerprint density at radius 2 is 2.16 bits per heavy atom. The van der Waals surface area contributed by atoms with E-state index in [0.717, 1.165) is 26.1 Å². The Morgan fingerprint density at radius 3 is 2.74 bits per heavy atom. The lowest BCUT2D eigenvalue weighted by Crippen LogP contribution is -2.51. The van der Waals surface area contributed by atoms with Gasteiger partial charge in [-0.05, 0) is 32.9 Å². The van der Waals surface area contributed by atoms with Gasteiger partial charge >= 0.3 is 6.18 Å². The third kappa shape index (κ3) is 6.58. The van der Waals surface area contributed by atoms with Crippen LogP contribution in [-0.2, 0) is 4.74 Å². The Balaban J connectivity index is 2.36. The maximum absolute atomic E-state index is 12.2. The molecule has 3 nitrogen and oxygen atoms in total. The van der Waals surface area contributed by atoms with E-state index in [1.807, 2.05) is 0 Å². The quantitative estimate of drug-likeness (QED) is 0.776. The average Bonchev–Trinajstić information content (AvgIpc) is 2.34. The highest BCUT2D eigenvalue weighted by molar-refractivity contribution is 4.82. The highest BCUT2D eigenvalue weighted by Gasteiger charge is 2.30. The van der Waals surface area contributed by atoms with Gasteiger partial charge in [-0.3, -0.25) is 4.90 Å². The molecule has 0 amide bonds. The normalized spacial score (nSPS) is 23.5. The van der Waals surface area contributed by atoms with Gasteiger partial charge < -0.3 is 10.1 Å². The van der Waals surface area contributed by atoms with E-state index in [9.17, 15) is 13.2 Å². The largest absolute Gasteiger partial charge is 0.389 e. The Morgan fingerprint density at radius 1 is 1.42 bits per heavy atom. The number of rotatable bonds is 7. The molecule has 19 heavy (non-hydrogen) atoms. The summed E-state index contributed by atoms with van der Waals surface area (Å²) in [5.74, 6) is 0. The van der Waals surface area contributed by atoms with Crippen molar-refractivity contribution in [2.75, 3.05) is 33.3 Å². The Bertz CT molecular complexity index is 247. The first kappa shape index (κ1) is 16.7. The van der Waals surface area contributed by atoms with Gasteiger partial charge in [-0.1, -0.05) is 6.92 Å². The van der Waals surface area contributed by atoms with Crippen LogP contribution in [0.1, 0.15) is 32.6 Å². The van der Waals surface area contributed by atoms with E-state index in [1.54, 1.807) is 7.05 Å². The molecule has 0 spiro atoms. The number of ether oxygens (including phenoxy) is 1. The number of alkyl halides is 3. The molecule has 0 aliphatic carbocycles. The van der Waals surface area contributed by atoms with Crippen LogP contribution >= 0.6 is 0 Å². The summed E-state index contributed by atoms with van der Waals surface area (Å²) in [6.07, 6.45) is -3.02. The molecule has 1 N–H and O–H groups in total. The standard InChI is InChI=1S/C13H25F3N2O/c1-3-7-18-8-9-19-12(10-18)11(17-2)5-4-6-13(14,15)16/h11-12,17H,3-10H2,1-2H3. The topological polar surface area (TPSA) is 24.5 Å². The van der Waals surface area contributed by atoms with E-state index in [0.29, 0.717) is 13.0 Å². The van der Waals surface area contributed by atoms with E-state index in [1.165, 1.54) is 0 Å². The van der Waals surface area contributed by atoms with Gasteiger partial charge in [0.1, 0.15) is 0 Å². The number of halogens is 3. The molecule has 6 heteroatoms. The molecule has 1 saturated heterocycles. The second-order valence-corrected chi connectivity index (χ2v) is 5.11. The van der Waals surface area contributed by atoms with E-state index in [4.69, 9.17) is 4.74 Å². The molecule has 1 rings (SSSR count). The van der Waals surface area contributed by atoms with Gasteiger partial charge in [0.05, 0.1) is 12.7 Å². The molecule has 1 fully saturated rings. The monoisotopic (exact) mass is 282 g/mol. The summed E-state index contributed by atoms with van der Waals surface area (Å²) in [5.41, 5.74) is 0. The van der Waals surface area contributed by atoms with Crippen molar-refractivity contribution in [1.82, 2.24) is 10.2 Å². The van der Waals surface area contributed by atoms with E-state index in [2.05, 4.69) is 17.1 Å². The Labute approximate surface area is 113 Å². The van der Waals surface area contributed by atoms with Crippen molar-refractivity contribution in [1.29, 1.82) is 0 Å². The maximum atomic E-state index is 12.2. The Kier molecular flexibility index (Phi) is 7.10. The van der Waals surface area contributed by atoms with Gasteiger partial charge in [0.25, 0.3) is 0 Å². The highest BCUT2D eigenvalue weighted by atomic mass is 19.4. The summed E-state index contributed by atoms with van der Waals surface area (Å²) < 4.78 is 42.2. The molecule has 1 aliphatic heterocycles. The van der Waals surface area contributed by atoms with Gasteiger partial charge in [0, 0.05) is 25.6 Å². The van der Waals surface area contributed by atoms with Crippen molar-refractivity contribution < 1.29 is 17.9 Å². The number of nitrogens with zero attached hydrogens (tertiary/aromatic N) is 1. The van der Waals surface area contributed by atoms with Crippen molar-refractivity contribution in [3.8, 4) is 0 Å². The lowest BCUT2D eigenvalue weighted by molar-refractivity contribution is -0.136. The maximum Gasteiger partial charge on any atom is 0.389 e. The minimum absolute atomic E-state index is 0.00136. The first-order valence-corrected chi connectivity index (χ1v) is 7.04. The van der Waals surface area contributed by atoms with Crippen LogP contribution in [0.15, 0.2) is 0 Å². The van der Waals surface area contributed by atoms with E-state index in [-0.39, 0.29) is 18.6 Å². The van der Waals surface area contributed by atoms with Crippen molar-refractivity contribution in [2.24, 2.45) is 0 Å². The molecule has 0 aromatic heterocycles. The van der Waals surface area contributed by atoms with Crippen LogP contribution in [0, 0.1) is 0 Å². The fraction of sp³-hybridized carbons (Fsp3) is 1.00. The van der Waals surface area contributed by atoms with Crippen LogP contribution in [0.2, 0.25) is 0 Å². The number of nitrogens with one attached hydrogen (secondary N) is 1. The predicted molar refractivity (Wildman–Crippen MR) is 69.2 cm³/mol. The third-order valence-electron chi connectivity index (χ3n) is 3.51. The minimum Gasteiger partial charge on any atom is -0.374 e. The highest BCUT2D eigenvalue weighted by Crippen LogP contribution is 2.23. The molecular weight excluding hydrogens is 257 g/mol. The SMILES string of the molecule is CCCN1CCOC(C(CCCC(F)(F)F)NC)C1. The van der Waals surface area contributed by atoms with E-state index >= 15 is 0 Å². The third-order valence-corrected chi connectivity index (χ3v) is 3.51. The van der Waals surface area contributed by atoms with Crippen LogP contribution in [0.25, 0.3) is 0 Å². The smallest absolute Gasteiger partial charge is 0.374 e. The van der Waals surface area contributed by atoms with E-state index < -0.39 is 12.6 Å². The number of hydrogen-bond donors (Lipinski definition) is 1. The van der Waals surface area contributed by atoms with Crippen molar-refractivity contribution in [2.45, 2.75) is 50.9 Å². The Hall–Kier alpha value is -0.330. The molecule has 0 bridgehead atoms. The molecule has 1 heterocycles. The molecule has 0 aromatic carbocycles.